The average Bonchev–Trinajstić information content (AvgIpc) is 2.15. The van der Waals surface area contributed by atoms with Crippen LogP contribution in [-0.4, -0.2) is 41.7 Å². The van der Waals surface area contributed by atoms with Gasteiger partial charge in [-0.3, -0.25) is 4.79 Å². The number of rotatable bonds is 3. The van der Waals surface area contributed by atoms with Crippen molar-refractivity contribution < 1.29 is 14.6 Å². The van der Waals surface area contributed by atoms with Gasteiger partial charge < -0.3 is 14.7 Å². The monoisotopic (exact) mass is 227 g/mol. The van der Waals surface area contributed by atoms with Gasteiger partial charge in [-0.25, -0.2) is 0 Å². The fourth-order valence-electron chi connectivity index (χ4n) is 1.88. The summed E-state index contributed by atoms with van der Waals surface area (Å²) >= 11 is 0. The molecule has 0 aromatic carbocycles. The first-order valence-electron chi connectivity index (χ1n) is 5.61. The van der Waals surface area contributed by atoms with Crippen molar-refractivity contribution in [3.8, 4) is 0 Å². The van der Waals surface area contributed by atoms with E-state index in [1.54, 1.807) is 25.8 Å². The standard InChI is InChI=1S/C12H21NO3/c1-9-10(6-5-7-16-9)11(14)13(4)8-12(2,3)15/h15H,5-8H2,1-4H3. The van der Waals surface area contributed by atoms with Gasteiger partial charge in [0.1, 0.15) is 5.76 Å². The number of aliphatic hydroxyl groups is 1. The van der Waals surface area contributed by atoms with Gasteiger partial charge in [-0.15, -0.1) is 0 Å². The zero-order chi connectivity index (χ0) is 12.3. The summed E-state index contributed by atoms with van der Waals surface area (Å²) < 4.78 is 5.36. The van der Waals surface area contributed by atoms with Crippen molar-refractivity contribution in [3.05, 3.63) is 11.3 Å². The van der Waals surface area contributed by atoms with E-state index in [4.69, 9.17) is 4.74 Å². The first kappa shape index (κ1) is 13.0. The number of nitrogens with zero attached hydrogens (tertiary/aromatic N) is 1. The summed E-state index contributed by atoms with van der Waals surface area (Å²) in [5.41, 5.74) is -0.132. The number of carbonyl (C=O) groups excluding carboxylic acids is 1. The van der Waals surface area contributed by atoms with Gasteiger partial charge >= 0.3 is 0 Å². The predicted molar refractivity (Wildman–Crippen MR) is 61.8 cm³/mol. The number of amides is 1. The van der Waals surface area contributed by atoms with E-state index in [-0.39, 0.29) is 5.91 Å². The Morgan fingerprint density at radius 3 is 2.69 bits per heavy atom. The number of likely N-dealkylation sites (N-methyl/N-ethyl adjacent to an activating group) is 1. The second-order valence-electron chi connectivity index (χ2n) is 4.96. The number of ether oxygens (including phenoxy) is 1. The van der Waals surface area contributed by atoms with Gasteiger partial charge in [0.2, 0.25) is 0 Å². The Bertz CT molecular complexity index is 302. The Morgan fingerprint density at radius 1 is 1.56 bits per heavy atom. The lowest BCUT2D eigenvalue weighted by Gasteiger charge is -2.28. The highest BCUT2D eigenvalue weighted by Crippen LogP contribution is 2.21. The van der Waals surface area contributed by atoms with Gasteiger partial charge in [0.05, 0.1) is 17.8 Å². The van der Waals surface area contributed by atoms with Gasteiger partial charge in [-0.1, -0.05) is 0 Å². The van der Waals surface area contributed by atoms with E-state index in [0.717, 1.165) is 24.2 Å². The molecule has 0 spiro atoms. The summed E-state index contributed by atoms with van der Waals surface area (Å²) in [7, 11) is 1.70. The highest BCUT2D eigenvalue weighted by molar-refractivity contribution is 5.93. The molecular weight excluding hydrogens is 206 g/mol. The highest BCUT2D eigenvalue weighted by Gasteiger charge is 2.24. The minimum absolute atomic E-state index is 0.0423. The van der Waals surface area contributed by atoms with Crippen molar-refractivity contribution in [1.29, 1.82) is 0 Å². The van der Waals surface area contributed by atoms with Crippen LogP contribution in [0, 0.1) is 0 Å². The van der Waals surface area contributed by atoms with E-state index in [9.17, 15) is 9.90 Å². The lowest BCUT2D eigenvalue weighted by molar-refractivity contribution is -0.129. The number of hydrogen-bond donors (Lipinski definition) is 1. The summed E-state index contributed by atoms with van der Waals surface area (Å²) in [6, 6.07) is 0. The van der Waals surface area contributed by atoms with E-state index < -0.39 is 5.60 Å². The van der Waals surface area contributed by atoms with E-state index >= 15 is 0 Å². The van der Waals surface area contributed by atoms with Crippen molar-refractivity contribution in [2.45, 2.75) is 39.2 Å². The molecule has 0 aliphatic carbocycles. The summed E-state index contributed by atoms with van der Waals surface area (Å²) in [5.74, 6) is 0.679. The predicted octanol–water partition coefficient (Wildman–Crippen LogP) is 1.30. The molecule has 0 aromatic rings. The molecular formula is C12H21NO3. The van der Waals surface area contributed by atoms with Gasteiger partial charge in [-0.2, -0.15) is 0 Å². The first-order chi connectivity index (χ1) is 7.31. The van der Waals surface area contributed by atoms with Crippen LogP contribution in [0.3, 0.4) is 0 Å². The minimum Gasteiger partial charge on any atom is -0.498 e. The molecule has 0 radical (unpaired) electrons. The van der Waals surface area contributed by atoms with Crippen LogP contribution in [0.25, 0.3) is 0 Å². The van der Waals surface area contributed by atoms with Crippen LogP contribution in [0.4, 0.5) is 0 Å². The first-order valence-corrected chi connectivity index (χ1v) is 5.61. The Balaban J connectivity index is 2.70. The van der Waals surface area contributed by atoms with Gasteiger partial charge in [0, 0.05) is 13.6 Å². The van der Waals surface area contributed by atoms with Gasteiger partial charge in [0.25, 0.3) is 5.91 Å². The largest absolute Gasteiger partial charge is 0.498 e. The van der Waals surface area contributed by atoms with E-state index in [2.05, 4.69) is 0 Å². The maximum atomic E-state index is 12.1. The molecule has 4 nitrogen and oxygen atoms in total. The quantitative estimate of drug-likeness (QED) is 0.790. The molecule has 0 fully saturated rings. The molecule has 1 rings (SSSR count). The number of carbonyl (C=O) groups is 1. The summed E-state index contributed by atoms with van der Waals surface area (Å²) in [6.45, 7) is 6.22. The minimum atomic E-state index is -0.867. The zero-order valence-corrected chi connectivity index (χ0v) is 10.5. The smallest absolute Gasteiger partial charge is 0.252 e. The fraction of sp³-hybridized carbons (Fsp3) is 0.750. The summed E-state index contributed by atoms with van der Waals surface area (Å²) in [4.78, 5) is 13.6. The molecule has 0 aromatic heterocycles. The molecule has 92 valence electrons. The molecule has 0 bridgehead atoms. The lowest BCUT2D eigenvalue weighted by Crippen LogP contribution is -2.40. The SMILES string of the molecule is CC1=C(C(=O)N(C)CC(C)(C)O)CCCO1. The van der Waals surface area contributed by atoms with E-state index in [0.29, 0.717) is 13.2 Å². The van der Waals surface area contributed by atoms with Crippen molar-refractivity contribution >= 4 is 5.91 Å². The van der Waals surface area contributed by atoms with Crippen LogP contribution in [0.5, 0.6) is 0 Å². The second-order valence-corrected chi connectivity index (χ2v) is 4.96. The second kappa shape index (κ2) is 4.87. The Kier molecular flexibility index (Phi) is 3.97. The molecule has 0 saturated heterocycles. The highest BCUT2D eigenvalue weighted by atomic mass is 16.5. The molecule has 1 heterocycles. The molecule has 0 unspecified atom stereocenters. The van der Waals surface area contributed by atoms with Gasteiger partial charge in [-0.05, 0) is 33.6 Å². The van der Waals surface area contributed by atoms with E-state index in [1.807, 2.05) is 6.92 Å². The fourth-order valence-corrected chi connectivity index (χ4v) is 1.88. The molecule has 1 N–H and O–H groups in total. The van der Waals surface area contributed by atoms with Crippen LogP contribution < -0.4 is 0 Å². The number of allylic oxidation sites excluding steroid dienone is 1. The maximum absolute atomic E-state index is 12.1. The maximum Gasteiger partial charge on any atom is 0.252 e. The van der Waals surface area contributed by atoms with Crippen LogP contribution >= 0.6 is 0 Å². The third-order valence-corrected chi connectivity index (χ3v) is 2.54. The molecule has 1 aliphatic rings. The topological polar surface area (TPSA) is 49.8 Å². The van der Waals surface area contributed by atoms with E-state index in [1.165, 1.54) is 0 Å². The molecule has 16 heavy (non-hydrogen) atoms. The van der Waals surface area contributed by atoms with Crippen molar-refractivity contribution in [1.82, 2.24) is 4.90 Å². The van der Waals surface area contributed by atoms with Crippen LogP contribution in [-0.2, 0) is 9.53 Å². The average molecular weight is 227 g/mol. The summed E-state index contributed by atoms with van der Waals surface area (Å²) in [5, 5.41) is 9.66. The van der Waals surface area contributed by atoms with Gasteiger partial charge in [0.15, 0.2) is 0 Å². The molecule has 0 saturated carbocycles. The molecule has 1 aliphatic heterocycles. The van der Waals surface area contributed by atoms with Crippen LogP contribution in [0.1, 0.15) is 33.6 Å². The normalized spacial score (nSPS) is 17.1. The van der Waals surface area contributed by atoms with Crippen LogP contribution in [0.15, 0.2) is 11.3 Å². The third-order valence-electron chi connectivity index (χ3n) is 2.54. The Hall–Kier alpha value is -1.03. The third kappa shape index (κ3) is 3.52. The number of hydrogen-bond acceptors (Lipinski definition) is 3. The van der Waals surface area contributed by atoms with Crippen molar-refractivity contribution in [2.24, 2.45) is 0 Å². The molecule has 4 heteroatoms. The lowest BCUT2D eigenvalue weighted by atomic mass is 10.0. The van der Waals surface area contributed by atoms with Crippen molar-refractivity contribution in [2.75, 3.05) is 20.2 Å². The Morgan fingerprint density at radius 2 is 2.19 bits per heavy atom. The zero-order valence-electron chi connectivity index (χ0n) is 10.5. The summed E-state index contributed by atoms with van der Waals surface area (Å²) in [6.07, 6.45) is 1.65. The molecule has 1 amide bonds. The van der Waals surface area contributed by atoms with Crippen molar-refractivity contribution in [3.63, 3.8) is 0 Å². The Labute approximate surface area is 96.9 Å². The molecule has 0 atom stereocenters. The van der Waals surface area contributed by atoms with Crippen LogP contribution in [0.2, 0.25) is 0 Å².